The van der Waals surface area contributed by atoms with E-state index in [1.165, 1.54) is 17.7 Å². The Morgan fingerprint density at radius 1 is 1.17 bits per heavy atom. The number of carbonyl (C=O) groups excluding carboxylic acids is 1. The van der Waals surface area contributed by atoms with Gasteiger partial charge in [-0.15, -0.1) is 0 Å². The predicted octanol–water partition coefficient (Wildman–Crippen LogP) is 3.70. The lowest BCUT2D eigenvalue weighted by Gasteiger charge is -2.13. The van der Waals surface area contributed by atoms with Crippen LogP contribution in [0.3, 0.4) is 0 Å². The average molecular weight is 321 g/mol. The van der Waals surface area contributed by atoms with Crippen molar-refractivity contribution in [3.63, 3.8) is 0 Å². The molecule has 0 aliphatic heterocycles. The normalized spacial score (nSPS) is 13.5. The quantitative estimate of drug-likeness (QED) is 0.773. The van der Waals surface area contributed by atoms with Gasteiger partial charge in [-0.25, -0.2) is 0 Å². The number of H-pyrrole nitrogens is 1. The molecule has 1 amide bonds. The van der Waals surface area contributed by atoms with Crippen LogP contribution in [0.2, 0.25) is 0 Å². The Morgan fingerprint density at radius 3 is 2.75 bits per heavy atom. The number of carbonyl (C=O) groups is 1. The van der Waals surface area contributed by atoms with Crippen molar-refractivity contribution >= 4 is 22.5 Å². The van der Waals surface area contributed by atoms with Crippen LogP contribution in [0.25, 0.3) is 10.9 Å². The number of nitrogens with zero attached hydrogens (tertiary/aromatic N) is 1. The summed E-state index contributed by atoms with van der Waals surface area (Å²) in [5.74, 6) is 0.668. The maximum atomic E-state index is 12.8. The molecule has 0 fully saturated rings. The highest BCUT2D eigenvalue weighted by Crippen LogP contribution is 2.36. The molecule has 0 saturated carbocycles. The molecule has 24 heavy (non-hydrogen) atoms. The summed E-state index contributed by atoms with van der Waals surface area (Å²) < 4.78 is 5.49. The first-order valence-corrected chi connectivity index (χ1v) is 8.19. The fourth-order valence-corrected chi connectivity index (χ4v) is 3.48. The van der Waals surface area contributed by atoms with Gasteiger partial charge in [0.1, 0.15) is 5.75 Å². The number of benzene rings is 1. The second kappa shape index (κ2) is 6.00. The van der Waals surface area contributed by atoms with Crippen molar-refractivity contribution in [2.75, 3.05) is 12.4 Å². The lowest BCUT2D eigenvalue weighted by Crippen LogP contribution is -2.13. The van der Waals surface area contributed by atoms with E-state index in [4.69, 9.17) is 4.74 Å². The molecule has 5 nitrogen and oxygen atoms in total. The van der Waals surface area contributed by atoms with Crippen molar-refractivity contribution < 1.29 is 9.53 Å². The molecule has 0 spiro atoms. The van der Waals surface area contributed by atoms with Crippen LogP contribution >= 0.6 is 0 Å². The summed E-state index contributed by atoms with van der Waals surface area (Å²) in [6.07, 6.45) is 7.69. The summed E-state index contributed by atoms with van der Waals surface area (Å²) in [7, 11) is 1.66. The van der Waals surface area contributed by atoms with Gasteiger partial charge in [-0.05, 0) is 55.5 Å². The monoisotopic (exact) mass is 321 g/mol. The molecule has 0 saturated heterocycles. The summed E-state index contributed by atoms with van der Waals surface area (Å²) in [6.45, 7) is 0. The maximum absolute atomic E-state index is 12.8. The number of anilines is 1. The van der Waals surface area contributed by atoms with E-state index >= 15 is 0 Å². The minimum absolute atomic E-state index is 0.110. The van der Waals surface area contributed by atoms with Crippen molar-refractivity contribution in [3.05, 3.63) is 53.5 Å². The Labute approximate surface area is 140 Å². The number of fused-ring (bicyclic) bond motifs is 3. The molecule has 1 aliphatic carbocycles. The third-order valence-electron chi connectivity index (χ3n) is 4.62. The Bertz CT molecular complexity index is 900. The van der Waals surface area contributed by atoms with Gasteiger partial charge in [0, 0.05) is 34.7 Å². The summed E-state index contributed by atoms with van der Waals surface area (Å²) in [5.41, 5.74) is 4.84. The van der Waals surface area contributed by atoms with Crippen molar-refractivity contribution in [2.45, 2.75) is 25.7 Å². The highest BCUT2D eigenvalue weighted by molar-refractivity contribution is 6.14. The number of nitrogens with one attached hydrogen (secondary N) is 2. The molecule has 1 aromatic carbocycles. The predicted molar refractivity (Wildman–Crippen MR) is 93.7 cm³/mol. The van der Waals surface area contributed by atoms with Gasteiger partial charge in [0.25, 0.3) is 5.91 Å². The zero-order chi connectivity index (χ0) is 16.5. The van der Waals surface area contributed by atoms with Crippen molar-refractivity contribution in [1.82, 2.24) is 9.97 Å². The number of hydrogen-bond donors (Lipinski definition) is 2. The molecule has 0 unspecified atom stereocenters. The van der Waals surface area contributed by atoms with E-state index in [9.17, 15) is 4.79 Å². The van der Waals surface area contributed by atoms with Gasteiger partial charge in [-0.2, -0.15) is 0 Å². The summed E-state index contributed by atoms with van der Waals surface area (Å²) in [6, 6.07) is 7.27. The largest absolute Gasteiger partial charge is 0.495 e. The van der Waals surface area contributed by atoms with Crippen LogP contribution < -0.4 is 10.1 Å². The van der Waals surface area contributed by atoms with Gasteiger partial charge in [0.05, 0.1) is 12.6 Å². The molecule has 2 N–H and O–H groups in total. The number of aromatic amines is 1. The van der Waals surface area contributed by atoms with Crippen LogP contribution in [0.5, 0.6) is 5.75 Å². The molecule has 1 aliphatic rings. The van der Waals surface area contributed by atoms with Crippen LogP contribution in [0.1, 0.15) is 34.5 Å². The number of aryl methyl sites for hydroxylation is 2. The lowest BCUT2D eigenvalue weighted by atomic mass is 9.93. The number of amides is 1. The maximum Gasteiger partial charge on any atom is 0.256 e. The molecule has 122 valence electrons. The van der Waals surface area contributed by atoms with Crippen molar-refractivity contribution in [1.29, 1.82) is 0 Å². The topological polar surface area (TPSA) is 67.0 Å². The van der Waals surface area contributed by atoms with E-state index in [0.29, 0.717) is 5.56 Å². The van der Waals surface area contributed by atoms with E-state index in [1.54, 1.807) is 31.6 Å². The number of rotatable bonds is 3. The van der Waals surface area contributed by atoms with E-state index in [-0.39, 0.29) is 5.91 Å². The first-order chi connectivity index (χ1) is 11.8. The summed E-state index contributed by atoms with van der Waals surface area (Å²) >= 11 is 0. The fourth-order valence-electron chi connectivity index (χ4n) is 3.48. The van der Waals surface area contributed by atoms with Gasteiger partial charge < -0.3 is 15.0 Å². The molecule has 4 rings (SSSR count). The first kappa shape index (κ1) is 14.8. The minimum Gasteiger partial charge on any atom is -0.495 e. The Kier molecular flexibility index (Phi) is 3.69. The van der Waals surface area contributed by atoms with Gasteiger partial charge in [-0.1, -0.05) is 0 Å². The molecular weight excluding hydrogens is 302 g/mol. The Hall–Kier alpha value is -2.82. The van der Waals surface area contributed by atoms with Crippen LogP contribution in [0, 0.1) is 0 Å². The van der Waals surface area contributed by atoms with Gasteiger partial charge in [0.15, 0.2) is 0 Å². The number of aromatic nitrogens is 2. The SMILES string of the molecule is COc1ccc(C(=O)Nc2ccncc2)c2c3c([nH]c12)CCCC3. The van der Waals surface area contributed by atoms with Crippen molar-refractivity contribution in [3.8, 4) is 5.75 Å². The zero-order valence-corrected chi connectivity index (χ0v) is 13.6. The minimum atomic E-state index is -0.110. The highest BCUT2D eigenvalue weighted by atomic mass is 16.5. The standard InChI is InChI=1S/C19H19N3O2/c1-24-16-7-6-14(19(23)21-12-8-10-20-11-9-12)17-13-4-2-3-5-15(13)22-18(16)17/h6-11,22H,2-5H2,1H3,(H,20,21,23). The number of ether oxygens (including phenoxy) is 1. The number of pyridine rings is 1. The van der Waals surface area contributed by atoms with Crippen LogP contribution in [-0.2, 0) is 12.8 Å². The average Bonchev–Trinajstić information content (AvgIpc) is 3.01. The van der Waals surface area contributed by atoms with Crippen molar-refractivity contribution in [2.24, 2.45) is 0 Å². The molecule has 0 bridgehead atoms. The number of methoxy groups -OCH3 is 1. The second-order valence-electron chi connectivity index (χ2n) is 6.04. The Balaban J connectivity index is 1.83. The Morgan fingerprint density at radius 2 is 1.96 bits per heavy atom. The van der Waals surface area contributed by atoms with Gasteiger partial charge in [0.2, 0.25) is 0 Å². The summed E-state index contributed by atoms with van der Waals surface area (Å²) in [5, 5.41) is 3.95. The molecule has 5 heteroatoms. The second-order valence-corrected chi connectivity index (χ2v) is 6.04. The fraction of sp³-hybridized carbons (Fsp3) is 0.263. The summed E-state index contributed by atoms with van der Waals surface area (Å²) in [4.78, 5) is 20.3. The first-order valence-electron chi connectivity index (χ1n) is 8.19. The van der Waals surface area contributed by atoms with Gasteiger partial charge in [-0.3, -0.25) is 9.78 Å². The van der Waals surface area contributed by atoms with Crippen LogP contribution in [0.15, 0.2) is 36.7 Å². The smallest absolute Gasteiger partial charge is 0.256 e. The van der Waals surface area contributed by atoms with Gasteiger partial charge >= 0.3 is 0 Å². The highest BCUT2D eigenvalue weighted by Gasteiger charge is 2.22. The molecule has 2 heterocycles. The lowest BCUT2D eigenvalue weighted by molar-refractivity contribution is 0.102. The van der Waals surface area contributed by atoms with E-state index in [2.05, 4.69) is 15.3 Å². The molecule has 0 atom stereocenters. The zero-order valence-electron chi connectivity index (χ0n) is 13.6. The van der Waals surface area contributed by atoms with E-state index in [1.807, 2.05) is 12.1 Å². The molecule has 0 radical (unpaired) electrons. The van der Waals surface area contributed by atoms with E-state index < -0.39 is 0 Å². The third-order valence-corrected chi connectivity index (χ3v) is 4.62. The van der Waals surface area contributed by atoms with Crippen LogP contribution in [-0.4, -0.2) is 23.0 Å². The van der Waals surface area contributed by atoms with E-state index in [0.717, 1.165) is 41.6 Å². The third kappa shape index (κ3) is 2.42. The number of hydrogen-bond acceptors (Lipinski definition) is 3. The molecular formula is C19H19N3O2. The molecule has 2 aromatic heterocycles. The van der Waals surface area contributed by atoms with Crippen LogP contribution in [0.4, 0.5) is 5.69 Å². The molecule has 3 aromatic rings.